The third-order valence-corrected chi connectivity index (χ3v) is 7.66. The molecule has 3 aliphatic rings. The molecule has 6 rings (SSSR count). The third kappa shape index (κ3) is 4.57. The Morgan fingerprint density at radius 1 is 1.03 bits per heavy atom. The molecule has 0 saturated carbocycles. The lowest BCUT2D eigenvalue weighted by molar-refractivity contribution is -0.0792. The Labute approximate surface area is 206 Å². The first-order valence-electron chi connectivity index (χ1n) is 12.9. The Morgan fingerprint density at radius 2 is 1.80 bits per heavy atom. The van der Waals surface area contributed by atoms with Crippen molar-refractivity contribution >= 4 is 16.7 Å². The maximum atomic E-state index is 6.27. The van der Waals surface area contributed by atoms with E-state index in [0.29, 0.717) is 24.5 Å². The number of hydrogen-bond donors (Lipinski definition) is 0. The van der Waals surface area contributed by atoms with Crippen LogP contribution in [0.3, 0.4) is 0 Å². The highest BCUT2D eigenvalue weighted by Gasteiger charge is 2.41. The van der Waals surface area contributed by atoms with Gasteiger partial charge in [-0.15, -0.1) is 0 Å². The Bertz CT molecular complexity index is 1180. The number of pyridine rings is 2. The van der Waals surface area contributed by atoms with Gasteiger partial charge in [0.15, 0.2) is 11.6 Å². The molecule has 0 unspecified atom stereocenters. The van der Waals surface area contributed by atoms with Gasteiger partial charge in [-0.3, -0.25) is 9.97 Å². The fourth-order valence-electron chi connectivity index (χ4n) is 5.75. The summed E-state index contributed by atoms with van der Waals surface area (Å²) < 4.78 is 11.6. The summed E-state index contributed by atoms with van der Waals surface area (Å²) in [6.07, 6.45) is 10.9. The monoisotopic (exact) mass is 474 g/mol. The summed E-state index contributed by atoms with van der Waals surface area (Å²) in [5.74, 6) is 3.12. The summed E-state index contributed by atoms with van der Waals surface area (Å²) in [6.45, 7) is 11.5. The molecular weight excluding hydrogens is 440 g/mol. The van der Waals surface area contributed by atoms with E-state index in [1.54, 1.807) is 18.6 Å². The van der Waals surface area contributed by atoms with Gasteiger partial charge in [-0.2, -0.15) is 0 Å². The number of anilines is 1. The quantitative estimate of drug-likeness (QED) is 0.534. The summed E-state index contributed by atoms with van der Waals surface area (Å²) >= 11 is 0. The Hall–Kier alpha value is -2.84. The van der Waals surface area contributed by atoms with Crippen molar-refractivity contribution in [2.45, 2.75) is 39.2 Å². The summed E-state index contributed by atoms with van der Waals surface area (Å²) in [4.78, 5) is 23.7. The number of likely N-dealkylation sites (tertiary alicyclic amines) is 1. The summed E-state index contributed by atoms with van der Waals surface area (Å²) in [7, 11) is 0. The molecule has 3 fully saturated rings. The molecule has 3 aromatic heterocycles. The average molecular weight is 475 g/mol. The van der Waals surface area contributed by atoms with E-state index < -0.39 is 0 Å². The van der Waals surface area contributed by atoms with Crippen molar-refractivity contribution in [2.24, 2.45) is 11.3 Å². The van der Waals surface area contributed by atoms with Gasteiger partial charge in [0, 0.05) is 44.1 Å². The Balaban J connectivity index is 1.33. The molecule has 0 aliphatic carbocycles. The van der Waals surface area contributed by atoms with Crippen LogP contribution >= 0.6 is 0 Å². The van der Waals surface area contributed by atoms with Crippen molar-refractivity contribution in [3.8, 4) is 17.1 Å². The van der Waals surface area contributed by atoms with Crippen molar-refractivity contribution in [1.29, 1.82) is 0 Å². The molecule has 35 heavy (non-hydrogen) atoms. The minimum Gasteiger partial charge on any atom is -0.483 e. The molecule has 0 aromatic carbocycles. The fourth-order valence-corrected chi connectivity index (χ4v) is 5.75. The van der Waals surface area contributed by atoms with E-state index in [9.17, 15) is 0 Å². The molecule has 0 amide bonds. The van der Waals surface area contributed by atoms with Crippen LogP contribution in [-0.2, 0) is 4.74 Å². The zero-order chi connectivity index (χ0) is 23.8. The van der Waals surface area contributed by atoms with Crippen molar-refractivity contribution in [3.63, 3.8) is 0 Å². The van der Waals surface area contributed by atoms with Gasteiger partial charge >= 0.3 is 0 Å². The van der Waals surface area contributed by atoms with Crippen LogP contribution in [0.4, 0.5) is 5.82 Å². The molecule has 0 N–H and O–H groups in total. The highest BCUT2D eigenvalue weighted by Crippen LogP contribution is 2.43. The molecule has 3 aliphatic heterocycles. The Morgan fingerprint density at radius 3 is 2.51 bits per heavy atom. The van der Waals surface area contributed by atoms with Crippen LogP contribution in [0.5, 0.6) is 5.75 Å². The van der Waals surface area contributed by atoms with Crippen molar-refractivity contribution < 1.29 is 9.47 Å². The van der Waals surface area contributed by atoms with Gasteiger partial charge in [-0.25, -0.2) is 9.97 Å². The van der Waals surface area contributed by atoms with Gasteiger partial charge in [0.05, 0.1) is 36.5 Å². The third-order valence-electron chi connectivity index (χ3n) is 7.66. The lowest BCUT2D eigenvalue weighted by atomic mass is 9.77. The largest absolute Gasteiger partial charge is 0.483 e. The predicted octanol–water partition coefficient (Wildman–Crippen LogP) is 3.81. The normalized spacial score (nSPS) is 20.6. The van der Waals surface area contributed by atoms with E-state index in [0.717, 1.165) is 47.0 Å². The van der Waals surface area contributed by atoms with E-state index in [4.69, 9.17) is 19.4 Å². The number of hydrogen-bond acceptors (Lipinski definition) is 8. The van der Waals surface area contributed by atoms with E-state index in [2.05, 4.69) is 33.6 Å². The summed E-state index contributed by atoms with van der Waals surface area (Å²) in [6, 6.07) is 3.91. The van der Waals surface area contributed by atoms with Crippen LogP contribution in [-0.4, -0.2) is 76.9 Å². The maximum absolute atomic E-state index is 6.27. The molecule has 1 spiro atoms. The summed E-state index contributed by atoms with van der Waals surface area (Å²) in [5, 5.41) is 0.952. The van der Waals surface area contributed by atoms with E-state index in [-0.39, 0.29) is 6.10 Å². The van der Waals surface area contributed by atoms with Crippen LogP contribution in [0, 0.1) is 11.3 Å². The second-order valence-electron chi connectivity index (χ2n) is 10.8. The number of ether oxygens (including phenoxy) is 2. The second kappa shape index (κ2) is 9.32. The number of piperidine rings is 1. The molecule has 0 radical (unpaired) electrons. The summed E-state index contributed by atoms with van der Waals surface area (Å²) in [5.41, 5.74) is 2.20. The zero-order valence-electron chi connectivity index (χ0n) is 20.7. The smallest absolute Gasteiger partial charge is 0.162 e. The van der Waals surface area contributed by atoms with Gasteiger partial charge in [0.1, 0.15) is 11.9 Å². The minimum atomic E-state index is 0.0604. The second-order valence-corrected chi connectivity index (χ2v) is 10.8. The van der Waals surface area contributed by atoms with Crippen molar-refractivity contribution in [2.75, 3.05) is 50.8 Å². The molecule has 3 aromatic rings. The lowest BCUT2D eigenvalue weighted by Crippen LogP contribution is -2.42. The SMILES string of the molecule is CC(C)CN1CCC2(CCN(c3nc(-c4ccncc4)nc4cncc(OC5COC5)c34)CC2)C1. The highest BCUT2D eigenvalue weighted by atomic mass is 16.6. The number of nitrogens with zero attached hydrogens (tertiary/aromatic N) is 6. The standard InChI is InChI=1S/C27H34N6O2/c1-19(2)15-32-10-5-27(18-32)6-11-33(12-7-27)26-24-22(13-29-14-23(24)35-21-16-34-17-21)30-25(31-26)20-3-8-28-9-4-20/h3-4,8-9,13-14,19,21H,5-7,10-12,15-18H2,1-2H3. The first-order valence-corrected chi connectivity index (χ1v) is 12.9. The van der Waals surface area contributed by atoms with Gasteiger partial charge in [0.25, 0.3) is 0 Å². The molecule has 0 bridgehead atoms. The van der Waals surface area contributed by atoms with Crippen LogP contribution in [0.25, 0.3) is 22.3 Å². The fraction of sp³-hybridized carbons (Fsp3) is 0.556. The topological polar surface area (TPSA) is 76.5 Å². The predicted molar refractivity (Wildman–Crippen MR) is 136 cm³/mol. The van der Waals surface area contributed by atoms with Gasteiger partial charge in [-0.1, -0.05) is 13.8 Å². The molecule has 184 valence electrons. The molecule has 6 heterocycles. The maximum Gasteiger partial charge on any atom is 0.162 e. The van der Waals surface area contributed by atoms with Crippen LogP contribution < -0.4 is 9.64 Å². The van der Waals surface area contributed by atoms with E-state index in [1.165, 1.54) is 38.9 Å². The molecule has 0 atom stereocenters. The Kier molecular flexibility index (Phi) is 6.02. The number of fused-ring (bicyclic) bond motifs is 1. The first-order chi connectivity index (χ1) is 17.1. The van der Waals surface area contributed by atoms with Crippen molar-refractivity contribution in [1.82, 2.24) is 24.8 Å². The van der Waals surface area contributed by atoms with E-state index in [1.807, 2.05) is 18.3 Å². The molecule has 8 nitrogen and oxygen atoms in total. The van der Waals surface area contributed by atoms with Crippen molar-refractivity contribution in [3.05, 3.63) is 36.9 Å². The van der Waals surface area contributed by atoms with Gasteiger partial charge in [0.2, 0.25) is 0 Å². The highest BCUT2D eigenvalue weighted by molar-refractivity contribution is 5.95. The first kappa shape index (κ1) is 22.6. The zero-order valence-corrected chi connectivity index (χ0v) is 20.7. The average Bonchev–Trinajstić information content (AvgIpc) is 3.22. The van der Waals surface area contributed by atoms with E-state index >= 15 is 0 Å². The lowest BCUT2D eigenvalue weighted by Gasteiger charge is -2.40. The van der Waals surface area contributed by atoms with Crippen LogP contribution in [0.2, 0.25) is 0 Å². The van der Waals surface area contributed by atoms with Crippen LogP contribution in [0.15, 0.2) is 36.9 Å². The van der Waals surface area contributed by atoms with Gasteiger partial charge in [-0.05, 0) is 49.3 Å². The number of rotatable bonds is 6. The molecule has 8 heteroatoms. The molecule has 3 saturated heterocycles. The molecular formula is C27H34N6O2. The van der Waals surface area contributed by atoms with Crippen LogP contribution in [0.1, 0.15) is 33.1 Å². The minimum absolute atomic E-state index is 0.0604. The number of aromatic nitrogens is 4. The van der Waals surface area contributed by atoms with Gasteiger partial charge < -0.3 is 19.3 Å².